The van der Waals surface area contributed by atoms with E-state index in [4.69, 9.17) is 24.5 Å². The highest BCUT2D eigenvalue weighted by molar-refractivity contribution is 5.93. The number of fused-ring (bicyclic) bond motifs is 1. The van der Waals surface area contributed by atoms with Crippen molar-refractivity contribution in [1.29, 1.82) is 5.26 Å². The number of ether oxygens (including phenoxy) is 3. The maximum atomic E-state index is 14.3. The van der Waals surface area contributed by atoms with Crippen LogP contribution in [-0.4, -0.2) is 82.6 Å². The molecule has 0 bridgehead atoms. The Morgan fingerprint density at radius 3 is 2.76 bits per heavy atom. The van der Waals surface area contributed by atoms with E-state index in [0.29, 0.717) is 49.0 Å². The fraction of sp³-hybridized carbons (Fsp3) is 0.394. The fourth-order valence-corrected chi connectivity index (χ4v) is 5.97. The molecule has 2 fully saturated rings. The van der Waals surface area contributed by atoms with E-state index < -0.39 is 11.8 Å². The van der Waals surface area contributed by atoms with Crippen LogP contribution in [0.3, 0.4) is 0 Å². The normalized spacial score (nSPS) is 19.1. The van der Waals surface area contributed by atoms with E-state index in [-0.39, 0.29) is 37.0 Å². The standard InChI is InChI=1S/C33H35FN6O5/c1-21(32-36-28-9-8-23(33(42)43-2)15-29(28)40(32)18-26-10-13-44-26)39-12-11-38(17-25(39)19-41)30-4-3-5-31(37-30)45-20-24-7-6-22(16-35)14-27(24)34/h3-9,14-15,21,25-26,41H,10-13,17-20H2,1-2H3/t21-,25+,26-/m0/s1. The minimum absolute atomic E-state index is 0.0213. The van der Waals surface area contributed by atoms with Gasteiger partial charge < -0.3 is 28.8 Å². The summed E-state index contributed by atoms with van der Waals surface area (Å²) in [5.74, 6) is 0.992. The van der Waals surface area contributed by atoms with Gasteiger partial charge in [0.2, 0.25) is 5.88 Å². The summed E-state index contributed by atoms with van der Waals surface area (Å²) in [5, 5.41) is 19.5. The largest absolute Gasteiger partial charge is 0.473 e. The molecule has 6 rings (SSSR count). The quantitative estimate of drug-likeness (QED) is 0.263. The molecule has 0 unspecified atom stereocenters. The van der Waals surface area contributed by atoms with E-state index in [1.165, 1.54) is 19.2 Å². The molecule has 45 heavy (non-hydrogen) atoms. The number of aliphatic hydroxyl groups excluding tert-OH is 1. The van der Waals surface area contributed by atoms with Crippen LogP contribution in [-0.2, 0) is 22.6 Å². The van der Waals surface area contributed by atoms with E-state index in [0.717, 1.165) is 29.9 Å². The van der Waals surface area contributed by atoms with Gasteiger partial charge in [0.15, 0.2) is 0 Å². The molecule has 3 atom stereocenters. The Labute approximate surface area is 260 Å². The smallest absolute Gasteiger partial charge is 0.337 e. The Hall–Kier alpha value is -4.57. The number of piperazine rings is 1. The lowest BCUT2D eigenvalue weighted by atomic mass is 10.1. The molecule has 4 aromatic rings. The van der Waals surface area contributed by atoms with Crippen LogP contribution in [0.25, 0.3) is 11.0 Å². The van der Waals surface area contributed by atoms with Gasteiger partial charge in [-0.1, -0.05) is 12.1 Å². The van der Waals surface area contributed by atoms with Crippen molar-refractivity contribution in [2.24, 2.45) is 0 Å². The van der Waals surface area contributed by atoms with Crippen molar-refractivity contribution in [2.75, 3.05) is 44.9 Å². The minimum Gasteiger partial charge on any atom is -0.473 e. The molecule has 1 N–H and O–H groups in total. The number of hydrogen-bond donors (Lipinski definition) is 1. The van der Waals surface area contributed by atoms with E-state index in [1.54, 1.807) is 18.2 Å². The highest BCUT2D eigenvalue weighted by atomic mass is 19.1. The first-order chi connectivity index (χ1) is 21.9. The second kappa shape index (κ2) is 13.2. The van der Waals surface area contributed by atoms with Gasteiger partial charge in [-0.25, -0.2) is 14.2 Å². The lowest BCUT2D eigenvalue weighted by Crippen LogP contribution is -2.55. The maximum Gasteiger partial charge on any atom is 0.337 e. The third kappa shape index (κ3) is 6.33. The molecule has 2 saturated heterocycles. The van der Waals surface area contributed by atoms with Gasteiger partial charge in [0.05, 0.1) is 66.7 Å². The van der Waals surface area contributed by atoms with Gasteiger partial charge in [-0.3, -0.25) is 4.90 Å². The third-order valence-electron chi connectivity index (χ3n) is 8.58. The number of esters is 1. The summed E-state index contributed by atoms with van der Waals surface area (Å²) in [5.41, 5.74) is 2.67. The second-order valence-corrected chi connectivity index (χ2v) is 11.3. The van der Waals surface area contributed by atoms with E-state index >= 15 is 0 Å². The predicted octanol–water partition coefficient (Wildman–Crippen LogP) is 3.84. The number of benzene rings is 2. The summed E-state index contributed by atoms with van der Waals surface area (Å²) in [6.45, 7) is 5.18. The van der Waals surface area contributed by atoms with Crippen LogP contribution in [0.5, 0.6) is 5.88 Å². The number of aromatic nitrogens is 3. The van der Waals surface area contributed by atoms with Crippen molar-refractivity contribution in [1.82, 2.24) is 19.4 Å². The van der Waals surface area contributed by atoms with Crippen molar-refractivity contribution in [2.45, 2.75) is 44.7 Å². The summed E-state index contributed by atoms with van der Waals surface area (Å²) in [6.07, 6.45) is 1.04. The SMILES string of the molecule is COC(=O)c1ccc2nc([C@H](C)N3CCN(c4cccc(OCc5ccc(C#N)cc5F)n4)C[C@@H]3CO)n(C[C@@H]3CCO3)c2c1. The summed E-state index contributed by atoms with van der Waals surface area (Å²) in [6, 6.07) is 16.7. The Kier molecular flexibility index (Phi) is 8.93. The summed E-state index contributed by atoms with van der Waals surface area (Å²) in [7, 11) is 1.37. The number of halogens is 1. The van der Waals surface area contributed by atoms with Gasteiger partial charge in [0.1, 0.15) is 24.1 Å². The van der Waals surface area contributed by atoms with Crippen LogP contribution in [0.2, 0.25) is 0 Å². The molecule has 11 nitrogen and oxygen atoms in total. The number of methoxy groups -OCH3 is 1. The molecule has 2 aliphatic rings. The number of hydrogen-bond acceptors (Lipinski definition) is 10. The Bertz CT molecular complexity index is 1730. The fourth-order valence-electron chi connectivity index (χ4n) is 5.97. The second-order valence-electron chi connectivity index (χ2n) is 11.3. The van der Waals surface area contributed by atoms with Crippen molar-refractivity contribution >= 4 is 22.8 Å². The van der Waals surface area contributed by atoms with Crippen molar-refractivity contribution in [3.05, 3.63) is 82.9 Å². The lowest BCUT2D eigenvalue weighted by molar-refractivity contribution is -0.0596. The van der Waals surface area contributed by atoms with Crippen LogP contribution in [0.4, 0.5) is 10.2 Å². The molecule has 0 saturated carbocycles. The van der Waals surface area contributed by atoms with Crippen LogP contribution in [0, 0.1) is 17.1 Å². The monoisotopic (exact) mass is 614 g/mol. The minimum atomic E-state index is -0.501. The molecule has 12 heteroatoms. The van der Waals surface area contributed by atoms with Gasteiger partial charge in [-0.05, 0) is 49.7 Å². The molecule has 2 aliphatic heterocycles. The number of rotatable bonds is 10. The average molecular weight is 615 g/mol. The summed E-state index contributed by atoms with van der Waals surface area (Å²) in [4.78, 5) is 26.3. The highest BCUT2D eigenvalue weighted by Crippen LogP contribution is 2.31. The number of nitrogens with zero attached hydrogens (tertiary/aromatic N) is 6. The zero-order valence-electron chi connectivity index (χ0n) is 25.2. The molecule has 234 valence electrons. The van der Waals surface area contributed by atoms with Gasteiger partial charge in [-0.2, -0.15) is 10.2 Å². The van der Waals surface area contributed by atoms with Gasteiger partial charge in [0, 0.05) is 37.9 Å². The van der Waals surface area contributed by atoms with Crippen LogP contribution in [0.15, 0.2) is 54.6 Å². The topological polar surface area (TPSA) is 126 Å². The Balaban J connectivity index is 1.19. The van der Waals surface area contributed by atoms with Crippen molar-refractivity contribution < 1.29 is 28.5 Å². The summed E-state index contributed by atoms with van der Waals surface area (Å²) < 4.78 is 33.0. The number of carbonyl (C=O) groups is 1. The first kappa shape index (κ1) is 30.5. The first-order valence-corrected chi connectivity index (χ1v) is 15.0. The summed E-state index contributed by atoms with van der Waals surface area (Å²) >= 11 is 0. The van der Waals surface area contributed by atoms with Gasteiger partial charge in [0.25, 0.3) is 0 Å². The molecule has 0 aliphatic carbocycles. The van der Waals surface area contributed by atoms with Crippen molar-refractivity contribution in [3.63, 3.8) is 0 Å². The number of pyridine rings is 1. The number of anilines is 1. The number of imidazole rings is 1. The molecule has 2 aromatic carbocycles. The molecule has 0 radical (unpaired) electrons. The molecule has 0 spiro atoms. The zero-order chi connectivity index (χ0) is 31.5. The Morgan fingerprint density at radius 2 is 2.04 bits per heavy atom. The van der Waals surface area contributed by atoms with Gasteiger partial charge in [-0.15, -0.1) is 0 Å². The van der Waals surface area contributed by atoms with Crippen molar-refractivity contribution in [3.8, 4) is 11.9 Å². The first-order valence-electron chi connectivity index (χ1n) is 15.0. The number of aliphatic hydroxyl groups is 1. The molecule has 2 aromatic heterocycles. The zero-order valence-corrected chi connectivity index (χ0v) is 25.2. The van der Waals surface area contributed by atoms with Gasteiger partial charge >= 0.3 is 5.97 Å². The molecule has 4 heterocycles. The van der Waals surface area contributed by atoms with E-state index in [9.17, 15) is 14.3 Å². The van der Waals surface area contributed by atoms with Crippen LogP contribution in [0.1, 0.15) is 46.7 Å². The highest BCUT2D eigenvalue weighted by Gasteiger charge is 2.34. The van der Waals surface area contributed by atoms with Crippen LogP contribution < -0.4 is 9.64 Å². The predicted molar refractivity (Wildman–Crippen MR) is 163 cm³/mol. The van der Waals surface area contributed by atoms with E-state index in [2.05, 4.69) is 26.3 Å². The third-order valence-corrected chi connectivity index (χ3v) is 8.58. The van der Waals surface area contributed by atoms with E-state index in [1.807, 2.05) is 30.3 Å². The molecular weight excluding hydrogens is 579 g/mol. The maximum absolute atomic E-state index is 14.3. The average Bonchev–Trinajstić information content (AvgIpc) is 3.42. The van der Waals surface area contributed by atoms with Crippen LogP contribution >= 0.6 is 0 Å². The lowest BCUT2D eigenvalue weighted by Gasteiger charge is -2.44. The molecular formula is C33H35FN6O5. The number of nitriles is 1. The molecule has 0 amide bonds. The number of carbonyl (C=O) groups excluding carboxylic acids is 1. The Morgan fingerprint density at radius 1 is 1.20 bits per heavy atom.